The first-order chi connectivity index (χ1) is 57.9. The molecule has 0 spiro atoms. The smallest absolute Gasteiger partial charge is 0.0991 e. The monoisotopic (exact) mass is 1640 g/mol. The first-order valence-electron chi connectivity index (χ1n) is 43.2. The van der Waals surface area contributed by atoms with E-state index < -0.39 is 0 Å². The first-order valence-corrected chi connectivity index (χ1v) is 43.2. The van der Waals surface area contributed by atoms with Crippen molar-refractivity contribution in [2.45, 2.75) is 206 Å². The molecule has 0 aliphatic carbocycles. The van der Waals surface area contributed by atoms with Crippen LogP contribution in [0.15, 0.2) is 309 Å². The van der Waals surface area contributed by atoms with Gasteiger partial charge in [-0.25, -0.2) is 0 Å². The van der Waals surface area contributed by atoms with Gasteiger partial charge in [0.2, 0.25) is 0 Å². The number of nitriles is 1. The maximum Gasteiger partial charge on any atom is 0.0991 e. The molecule has 125 heavy (non-hydrogen) atoms. The molecule has 0 atom stereocenters. The summed E-state index contributed by atoms with van der Waals surface area (Å²) in [4.78, 5) is 0. The van der Waals surface area contributed by atoms with Gasteiger partial charge in [0.15, 0.2) is 0 Å². The Balaban J connectivity index is 0.000000135. The molecule has 7 nitrogen and oxygen atoms in total. The molecule has 0 aliphatic rings. The normalized spacial score (nSPS) is 12.2. The molecule has 0 bridgehead atoms. The first kappa shape index (κ1) is 89.7. The lowest BCUT2D eigenvalue weighted by atomic mass is 9.85. The third-order valence-corrected chi connectivity index (χ3v) is 24.0. The minimum absolute atomic E-state index is 0. The lowest BCUT2D eigenvalue weighted by Crippen LogP contribution is -2.22. The van der Waals surface area contributed by atoms with E-state index in [1.54, 1.807) is 0 Å². The Kier molecular flexibility index (Phi) is 24.3. The lowest BCUT2D eigenvalue weighted by molar-refractivity contribution is 0.423. The van der Waals surface area contributed by atoms with E-state index in [1.807, 2.05) is 30.3 Å². The van der Waals surface area contributed by atoms with Crippen LogP contribution >= 0.6 is 0 Å². The van der Waals surface area contributed by atoms with Crippen molar-refractivity contribution in [1.29, 1.82) is 5.26 Å². The minimum atomic E-state index is -0.0598. The van der Waals surface area contributed by atoms with E-state index in [4.69, 9.17) is 11.7 Å². The van der Waals surface area contributed by atoms with Crippen LogP contribution in [0.1, 0.15) is 190 Å². The molecule has 14 aromatic carbocycles. The highest BCUT2D eigenvalue weighted by atomic mass is 15.1. The lowest BCUT2D eigenvalue weighted by Gasteiger charge is -2.26. The van der Waals surface area contributed by atoms with Gasteiger partial charge in [-0.15, -0.1) is 6.42 Å². The second kappa shape index (κ2) is 33.9. The maximum absolute atomic E-state index is 9.15. The summed E-state index contributed by atoms with van der Waals surface area (Å²) in [6.45, 7) is 47.7. The maximum atomic E-state index is 9.15. The number of fused-ring (bicyclic) bond motifs is 18. The third kappa shape index (κ3) is 16.7. The summed E-state index contributed by atoms with van der Waals surface area (Å²) in [5.41, 5.74) is 26.3. The van der Waals surface area contributed by atoms with Crippen LogP contribution < -0.4 is 0 Å². The predicted molar refractivity (Wildman–Crippen MR) is 548 cm³/mol. The van der Waals surface area contributed by atoms with Gasteiger partial charge in [0.05, 0.1) is 33.7 Å². The molecular weight excluding hydrogens is 1520 g/mol. The second-order valence-corrected chi connectivity index (χ2v) is 40.0. The Morgan fingerprint density at radius 1 is 0.232 bits per heavy atom. The Bertz CT molecular complexity index is 7130. The number of rotatable bonds is 3. The number of hydrogen-bond donors (Lipinski definition) is 0. The molecule has 20 rings (SSSR count). The summed E-state index contributed by atoms with van der Waals surface area (Å²) >= 11 is 0. The summed E-state index contributed by atoms with van der Waals surface area (Å²) in [6, 6.07) is 113. The number of hydrogen-bond acceptors (Lipinski definition) is 1. The number of terminal acetylenes is 1. The van der Waals surface area contributed by atoms with Gasteiger partial charge < -0.3 is 27.4 Å². The van der Waals surface area contributed by atoms with Crippen molar-refractivity contribution in [3.05, 3.63) is 332 Å². The van der Waals surface area contributed by atoms with Gasteiger partial charge in [-0.05, 0) is 246 Å². The Hall–Kier alpha value is -13.1. The molecule has 0 radical (unpaired) electrons. The number of nitrogens with zero attached hydrogens (tertiary/aromatic N) is 7. The van der Waals surface area contributed by atoms with Gasteiger partial charge in [-0.1, -0.05) is 270 Å². The molecule has 0 fully saturated rings. The van der Waals surface area contributed by atoms with Crippen molar-refractivity contribution in [1.82, 2.24) is 27.4 Å². The fourth-order valence-corrected chi connectivity index (χ4v) is 18.7. The van der Waals surface area contributed by atoms with E-state index in [0.29, 0.717) is 5.56 Å². The molecule has 634 valence electrons. The predicted octanol–water partition coefficient (Wildman–Crippen LogP) is 33.5. The van der Waals surface area contributed by atoms with Crippen LogP contribution in [0.2, 0.25) is 0 Å². The molecule has 0 amide bonds. The Morgan fingerprint density at radius 3 is 0.832 bits per heavy atom. The topological polar surface area (TPSA) is 53.4 Å². The van der Waals surface area contributed by atoms with E-state index in [2.05, 4.69) is 464 Å². The molecule has 0 saturated carbocycles. The van der Waals surface area contributed by atoms with Gasteiger partial charge >= 0.3 is 0 Å². The van der Waals surface area contributed by atoms with Crippen LogP contribution in [0.25, 0.3) is 159 Å². The summed E-state index contributed by atoms with van der Waals surface area (Å²) in [5.74, 6) is 2.69. The molecular formula is C118H127N7. The standard InChI is InChI=1S/C28H24N2.C28H25N.C24H33N.C19H16N2.C16H17N.3CH4/c1-28(2,3)30-26-15-9-6-12-22(26)23-18-19(16-17-27(23)30)29-24-13-7-4-10-20(24)21-11-5-8-14-25(21)29;1-28(2,3)29-26-22(20-12-6-4-7-13-20)16-10-18-24(26)25-19-11-17-23(27(25)29)21-14-8-5-9-15-21;1-22(2,3)16-10-12-20-18(14-16)19-15-17(23(4,5)6)11-13-21(19)25(20)24(7,8)9;1-5-13-6-8-17-15(10-13)16-11-14(12-20)7-9-18(16)21(17)19(2,3)4;1-16(2,3)17-14-10-6-4-8-12(14)13-9-5-7-11-15(13)17;;;/h4-18H,1-3H3;4-19H,1-3H3;10-15H,1-9H3;1,6-11H,2-4H3;4-11H,1-3H3;3*1H4. The average Bonchev–Trinajstić information content (AvgIpc) is 1.58. The van der Waals surface area contributed by atoms with Crippen LogP contribution in [0, 0.1) is 23.7 Å². The Morgan fingerprint density at radius 2 is 0.496 bits per heavy atom. The second-order valence-electron chi connectivity index (χ2n) is 40.0. The average molecular weight is 1640 g/mol. The van der Waals surface area contributed by atoms with E-state index >= 15 is 0 Å². The van der Waals surface area contributed by atoms with E-state index in [9.17, 15) is 0 Å². The van der Waals surface area contributed by atoms with Gasteiger partial charge in [0, 0.05) is 159 Å². The van der Waals surface area contributed by atoms with E-state index in [1.165, 1.54) is 148 Å². The summed E-state index contributed by atoms with van der Waals surface area (Å²) < 4.78 is 14.6. The van der Waals surface area contributed by atoms with Gasteiger partial charge in [0.1, 0.15) is 0 Å². The van der Waals surface area contributed by atoms with Gasteiger partial charge in [-0.2, -0.15) is 5.26 Å². The molecule has 0 N–H and O–H groups in total. The molecule has 0 unspecified atom stereocenters. The highest BCUT2D eigenvalue weighted by Crippen LogP contribution is 2.46. The molecule has 7 heteroatoms. The van der Waals surface area contributed by atoms with E-state index in [0.717, 1.165) is 27.4 Å². The summed E-state index contributed by atoms with van der Waals surface area (Å²) in [5, 5.41) is 24.6. The van der Waals surface area contributed by atoms with Crippen molar-refractivity contribution < 1.29 is 0 Å². The van der Waals surface area contributed by atoms with Crippen molar-refractivity contribution >= 4 is 131 Å². The fourth-order valence-electron chi connectivity index (χ4n) is 18.7. The number of para-hydroxylation sites is 7. The van der Waals surface area contributed by atoms with Gasteiger partial charge in [0.25, 0.3) is 0 Å². The highest BCUT2D eigenvalue weighted by Gasteiger charge is 2.30. The number of benzene rings is 14. The molecule has 0 aliphatic heterocycles. The van der Waals surface area contributed by atoms with Crippen LogP contribution in [0.5, 0.6) is 0 Å². The molecule has 6 heterocycles. The van der Waals surface area contributed by atoms with Gasteiger partial charge in [-0.3, -0.25) is 0 Å². The third-order valence-electron chi connectivity index (χ3n) is 24.0. The largest absolute Gasteiger partial charge is 0.335 e. The minimum Gasteiger partial charge on any atom is -0.335 e. The molecule has 6 aromatic heterocycles. The Labute approximate surface area is 742 Å². The van der Waals surface area contributed by atoms with Crippen molar-refractivity contribution in [3.63, 3.8) is 0 Å². The summed E-state index contributed by atoms with van der Waals surface area (Å²) in [6.07, 6.45) is 5.52. The van der Waals surface area contributed by atoms with Crippen molar-refractivity contribution in [3.8, 4) is 46.4 Å². The fraction of sp³-hybridized carbons (Fsp3) is 0.263. The van der Waals surface area contributed by atoms with Crippen LogP contribution in [0.3, 0.4) is 0 Å². The van der Waals surface area contributed by atoms with Crippen molar-refractivity contribution in [2.24, 2.45) is 0 Å². The van der Waals surface area contributed by atoms with Crippen molar-refractivity contribution in [2.75, 3.05) is 0 Å². The summed E-state index contributed by atoms with van der Waals surface area (Å²) in [7, 11) is 0. The van der Waals surface area contributed by atoms with E-state index in [-0.39, 0.29) is 60.8 Å². The van der Waals surface area contributed by atoms with Crippen LogP contribution in [-0.4, -0.2) is 27.4 Å². The van der Waals surface area contributed by atoms with Crippen LogP contribution in [-0.2, 0) is 38.5 Å². The highest BCUT2D eigenvalue weighted by molar-refractivity contribution is 6.18. The quantitative estimate of drug-likeness (QED) is 0.163. The molecule has 0 saturated heterocycles. The number of aromatic nitrogens is 6. The zero-order valence-corrected chi connectivity index (χ0v) is 75.2. The zero-order valence-electron chi connectivity index (χ0n) is 75.2. The SMILES string of the molecule is C.C.C.C#Cc1ccc2c(c1)c1cc(C#N)ccc1n2C(C)(C)C.CC(C)(C)c1ccc2c(c1)c1cc(C(C)(C)C)ccc1n2C(C)(C)C.CC(C)(C)n1c2c(-c3ccccc3)cccc2c2cccc(-c3ccccc3)c21.CC(C)(C)n1c2ccccc2c2cc(-n3c4ccccc4c4ccccc43)ccc21.CC(C)(C)n1c2ccccc2c2ccccc21. The van der Waals surface area contributed by atoms with Crippen LogP contribution in [0.4, 0.5) is 0 Å². The molecule has 20 aromatic rings. The zero-order chi connectivity index (χ0) is 86.5.